The zero-order chi connectivity index (χ0) is 12.7. The van der Waals surface area contributed by atoms with Gasteiger partial charge in [0.2, 0.25) is 0 Å². The summed E-state index contributed by atoms with van der Waals surface area (Å²) in [5.41, 5.74) is 5.66. The number of likely N-dealkylation sites (N-methyl/N-ethyl adjacent to an activating group) is 1. The van der Waals surface area contributed by atoms with Crippen molar-refractivity contribution in [1.29, 1.82) is 5.41 Å². The summed E-state index contributed by atoms with van der Waals surface area (Å²) >= 11 is 0. The monoisotopic (exact) mass is 228 g/mol. The molecule has 4 heteroatoms. The molecular weight excluding hydrogens is 200 g/mol. The van der Waals surface area contributed by atoms with E-state index in [0.29, 0.717) is 11.8 Å². The molecule has 1 atom stereocenters. The Balaban J connectivity index is 4.43. The van der Waals surface area contributed by atoms with Gasteiger partial charge in [-0.25, -0.2) is 0 Å². The fourth-order valence-corrected chi connectivity index (χ4v) is 1.85. The average Bonchev–Trinajstić information content (AvgIpc) is 2.13. The van der Waals surface area contributed by atoms with Crippen LogP contribution in [0.4, 0.5) is 0 Å². The van der Waals surface area contributed by atoms with Crippen molar-refractivity contribution in [2.75, 3.05) is 33.7 Å². The Morgan fingerprint density at radius 1 is 1.25 bits per heavy atom. The van der Waals surface area contributed by atoms with Crippen LogP contribution < -0.4 is 5.73 Å². The molecule has 0 aliphatic carbocycles. The first kappa shape index (κ1) is 15.4. The van der Waals surface area contributed by atoms with E-state index in [0.717, 1.165) is 26.1 Å². The van der Waals surface area contributed by atoms with Crippen LogP contribution >= 0.6 is 0 Å². The first-order valence-electron chi connectivity index (χ1n) is 6.11. The van der Waals surface area contributed by atoms with Gasteiger partial charge < -0.3 is 10.6 Å². The van der Waals surface area contributed by atoms with Crippen molar-refractivity contribution in [3.63, 3.8) is 0 Å². The Labute approximate surface area is 100 Å². The lowest BCUT2D eigenvalue weighted by Crippen LogP contribution is -2.47. The van der Waals surface area contributed by atoms with Crippen molar-refractivity contribution in [3.05, 3.63) is 0 Å². The maximum atomic E-state index is 7.63. The molecule has 0 heterocycles. The van der Waals surface area contributed by atoms with Gasteiger partial charge in [0.15, 0.2) is 0 Å². The molecule has 0 amide bonds. The standard InChI is InChI=1S/C12H28N4/c1-6-11(12(13)14)16(9-10(2)3)8-7-15(4)5/h10-11H,6-9H2,1-5H3,(H3,13,14). The van der Waals surface area contributed by atoms with E-state index in [4.69, 9.17) is 11.1 Å². The number of nitrogens with zero attached hydrogens (tertiary/aromatic N) is 2. The highest BCUT2D eigenvalue weighted by atomic mass is 15.2. The quantitative estimate of drug-likeness (QED) is 0.485. The molecule has 0 fully saturated rings. The van der Waals surface area contributed by atoms with E-state index < -0.39 is 0 Å². The van der Waals surface area contributed by atoms with Gasteiger partial charge in [-0.2, -0.15) is 0 Å². The van der Waals surface area contributed by atoms with Crippen molar-refractivity contribution in [2.24, 2.45) is 11.7 Å². The second kappa shape index (κ2) is 7.63. The van der Waals surface area contributed by atoms with Gasteiger partial charge >= 0.3 is 0 Å². The lowest BCUT2D eigenvalue weighted by Gasteiger charge is -2.32. The Morgan fingerprint density at radius 3 is 2.12 bits per heavy atom. The van der Waals surface area contributed by atoms with Gasteiger partial charge in [-0.3, -0.25) is 10.3 Å². The van der Waals surface area contributed by atoms with Gasteiger partial charge in [0.05, 0.1) is 6.04 Å². The van der Waals surface area contributed by atoms with Crippen LogP contribution in [0.25, 0.3) is 0 Å². The summed E-state index contributed by atoms with van der Waals surface area (Å²) in [5.74, 6) is 0.900. The summed E-state index contributed by atoms with van der Waals surface area (Å²) in [6.07, 6.45) is 0.912. The summed E-state index contributed by atoms with van der Waals surface area (Å²) in [5, 5.41) is 7.63. The highest BCUT2D eigenvalue weighted by Crippen LogP contribution is 2.08. The highest BCUT2D eigenvalue weighted by Gasteiger charge is 2.20. The molecule has 0 rings (SSSR count). The normalized spacial score (nSPS) is 13.8. The summed E-state index contributed by atoms with van der Waals surface area (Å²) in [7, 11) is 4.14. The van der Waals surface area contributed by atoms with Gasteiger partial charge in [-0.05, 0) is 26.4 Å². The first-order valence-corrected chi connectivity index (χ1v) is 6.11. The predicted octanol–water partition coefficient (Wildman–Crippen LogP) is 1.22. The highest BCUT2D eigenvalue weighted by molar-refractivity contribution is 5.82. The lowest BCUT2D eigenvalue weighted by molar-refractivity contribution is 0.190. The van der Waals surface area contributed by atoms with Crippen LogP contribution in [0.1, 0.15) is 27.2 Å². The van der Waals surface area contributed by atoms with Crippen LogP contribution in [0, 0.1) is 11.3 Å². The number of hydrogen-bond donors (Lipinski definition) is 2. The van der Waals surface area contributed by atoms with Crippen LogP contribution in [-0.2, 0) is 0 Å². The van der Waals surface area contributed by atoms with E-state index in [1.807, 2.05) is 0 Å². The largest absolute Gasteiger partial charge is 0.386 e. The summed E-state index contributed by atoms with van der Waals surface area (Å²) in [6.45, 7) is 9.49. The molecule has 0 radical (unpaired) electrons. The molecule has 0 bridgehead atoms. The molecule has 0 aromatic heterocycles. The number of hydrogen-bond acceptors (Lipinski definition) is 3. The first-order chi connectivity index (χ1) is 7.38. The Hall–Kier alpha value is -0.610. The van der Waals surface area contributed by atoms with Crippen molar-refractivity contribution >= 4 is 5.84 Å². The van der Waals surface area contributed by atoms with Gasteiger partial charge in [0.25, 0.3) is 0 Å². The van der Waals surface area contributed by atoms with Crippen molar-refractivity contribution in [3.8, 4) is 0 Å². The fraction of sp³-hybridized carbons (Fsp3) is 0.917. The third-order valence-electron chi connectivity index (χ3n) is 2.62. The minimum atomic E-state index is 0.0994. The van der Waals surface area contributed by atoms with E-state index in [2.05, 4.69) is 44.7 Å². The van der Waals surface area contributed by atoms with Crippen molar-refractivity contribution < 1.29 is 0 Å². The minimum Gasteiger partial charge on any atom is -0.386 e. The smallest absolute Gasteiger partial charge is 0.108 e. The van der Waals surface area contributed by atoms with E-state index in [1.165, 1.54) is 0 Å². The summed E-state index contributed by atoms with van der Waals surface area (Å²) < 4.78 is 0. The van der Waals surface area contributed by atoms with Gasteiger partial charge in [-0.15, -0.1) is 0 Å². The Kier molecular flexibility index (Phi) is 7.34. The molecule has 96 valence electrons. The molecule has 0 aromatic rings. The van der Waals surface area contributed by atoms with Gasteiger partial charge in [0, 0.05) is 19.6 Å². The van der Waals surface area contributed by atoms with Crippen LogP contribution in [0.5, 0.6) is 0 Å². The zero-order valence-corrected chi connectivity index (χ0v) is 11.5. The molecular formula is C12H28N4. The number of rotatable bonds is 8. The molecule has 4 nitrogen and oxygen atoms in total. The molecule has 0 aliphatic rings. The maximum Gasteiger partial charge on any atom is 0.108 e. The van der Waals surface area contributed by atoms with E-state index in [9.17, 15) is 0 Å². The van der Waals surface area contributed by atoms with Crippen LogP contribution in [-0.4, -0.2) is 55.4 Å². The predicted molar refractivity (Wildman–Crippen MR) is 71.0 cm³/mol. The second-order valence-corrected chi connectivity index (χ2v) is 5.07. The molecule has 16 heavy (non-hydrogen) atoms. The molecule has 3 N–H and O–H groups in total. The molecule has 0 aliphatic heterocycles. The molecule has 0 spiro atoms. The maximum absolute atomic E-state index is 7.63. The van der Waals surface area contributed by atoms with Crippen LogP contribution in [0.15, 0.2) is 0 Å². The van der Waals surface area contributed by atoms with Crippen LogP contribution in [0.3, 0.4) is 0 Å². The Bertz CT molecular complexity index is 201. The number of nitrogens with two attached hydrogens (primary N) is 1. The number of amidine groups is 1. The van der Waals surface area contributed by atoms with Crippen LogP contribution in [0.2, 0.25) is 0 Å². The van der Waals surface area contributed by atoms with E-state index >= 15 is 0 Å². The van der Waals surface area contributed by atoms with E-state index in [1.54, 1.807) is 0 Å². The minimum absolute atomic E-state index is 0.0994. The third-order valence-corrected chi connectivity index (χ3v) is 2.62. The zero-order valence-electron chi connectivity index (χ0n) is 11.5. The second-order valence-electron chi connectivity index (χ2n) is 5.07. The topological polar surface area (TPSA) is 56.4 Å². The number of nitrogens with one attached hydrogen (secondary N) is 1. The SMILES string of the molecule is CCC(C(=N)N)N(CCN(C)C)CC(C)C. The average molecular weight is 228 g/mol. The van der Waals surface area contributed by atoms with E-state index in [-0.39, 0.29) is 6.04 Å². The molecule has 1 unspecified atom stereocenters. The van der Waals surface area contributed by atoms with Crippen molar-refractivity contribution in [1.82, 2.24) is 9.80 Å². The fourth-order valence-electron chi connectivity index (χ4n) is 1.85. The molecule has 0 aromatic carbocycles. The third kappa shape index (κ3) is 6.08. The van der Waals surface area contributed by atoms with Gasteiger partial charge in [-0.1, -0.05) is 20.8 Å². The summed E-state index contributed by atoms with van der Waals surface area (Å²) in [4.78, 5) is 4.49. The van der Waals surface area contributed by atoms with Gasteiger partial charge in [0.1, 0.15) is 5.84 Å². The molecule has 0 saturated carbocycles. The Morgan fingerprint density at radius 2 is 1.81 bits per heavy atom. The lowest BCUT2D eigenvalue weighted by atomic mass is 10.1. The summed E-state index contributed by atoms with van der Waals surface area (Å²) in [6, 6.07) is 0.0994. The molecule has 0 saturated heterocycles. The van der Waals surface area contributed by atoms with Crippen molar-refractivity contribution in [2.45, 2.75) is 33.2 Å².